The Morgan fingerprint density at radius 3 is 1.63 bits per heavy atom. The minimum atomic E-state index is 0.678. The molecule has 0 saturated carbocycles. The van der Waals surface area contributed by atoms with Crippen molar-refractivity contribution in [3.8, 4) is 67.3 Å². The Labute approximate surface area is 330 Å². The first-order valence-electron chi connectivity index (χ1n) is 19.3. The second-order valence-electron chi connectivity index (χ2n) is 14.5. The topological polar surface area (TPSA) is 38.9 Å². The van der Waals surface area contributed by atoms with E-state index in [0.717, 1.165) is 72.3 Å². The molecule has 2 aromatic heterocycles. The van der Waals surface area contributed by atoms with Crippen molar-refractivity contribution in [2.24, 2.45) is 0 Å². The molecule has 11 aromatic rings. The van der Waals surface area contributed by atoms with E-state index in [0.29, 0.717) is 5.82 Å². The Balaban J connectivity index is 1.17. The average molecular weight is 727 g/mol. The number of nitrogens with zero attached hydrogens (tertiary/aromatic N) is 2. The summed E-state index contributed by atoms with van der Waals surface area (Å²) in [5.74, 6) is 0.678. The molecule has 0 atom stereocenters. The molecule has 0 amide bonds. The van der Waals surface area contributed by atoms with Crippen LogP contribution in [0.15, 0.2) is 211 Å². The van der Waals surface area contributed by atoms with Crippen LogP contribution in [0.4, 0.5) is 0 Å². The van der Waals surface area contributed by atoms with Crippen molar-refractivity contribution in [2.75, 3.05) is 0 Å². The van der Waals surface area contributed by atoms with E-state index in [1.807, 2.05) is 30.3 Å². The highest BCUT2D eigenvalue weighted by Crippen LogP contribution is 2.42. The summed E-state index contributed by atoms with van der Waals surface area (Å²) in [6.45, 7) is 0. The van der Waals surface area contributed by atoms with Gasteiger partial charge in [0.05, 0.1) is 11.4 Å². The maximum absolute atomic E-state index is 6.62. The molecule has 0 spiro atoms. The van der Waals surface area contributed by atoms with Crippen LogP contribution in [0.1, 0.15) is 0 Å². The number of rotatable bonds is 6. The van der Waals surface area contributed by atoms with Gasteiger partial charge >= 0.3 is 0 Å². The second kappa shape index (κ2) is 13.6. The third-order valence-corrected chi connectivity index (χ3v) is 11.1. The van der Waals surface area contributed by atoms with Crippen LogP contribution >= 0.6 is 0 Å². The summed E-state index contributed by atoms with van der Waals surface area (Å²) in [7, 11) is 0. The SMILES string of the molecule is c1ccc(-c2nc(-c3cc(-c4ccccc4-c4ccccc4)cc(-c4cccc5c4oc4ccccc45)c3)cc(-c3ccc4ccc5ccccc5c4c3)n2)cc1. The molecule has 0 fully saturated rings. The van der Waals surface area contributed by atoms with Gasteiger partial charge in [-0.1, -0.05) is 170 Å². The first-order valence-corrected chi connectivity index (χ1v) is 19.3. The van der Waals surface area contributed by atoms with E-state index in [4.69, 9.17) is 14.4 Å². The molecule has 0 radical (unpaired) electrons. The van der Waals surface area contributed by atoms with Crippen LogP contribution < -0.4 is 0 Å². The number of aromatic nitrogens is 2. The van der Waals surface area contributed by atoms with Gasteiger partial charge in [-0.3, -0.25) is 0 Å². The Morgan fingerprint density at radius 2 is 0.842 bits per heavy atom. The van der Waals surface area contributed by atoms with Crippen molar-refractivity contribution in [1.29, 1.82) is 0 Å². The Morgan fingerprint density at radius 1 is 0.298 bits per heavy atom. The van der Waals surface area contributed by atoms with Gasteiger partial charge in [-0.25, -0.2) is 9.97 Å². The van der Waals surface area contributed by atoms with Crippen LogP contribution in [0, 0.1) is 0 Å². The minimum Gasteiger partial charge on any atom is -0.455 e. The molecule has 3 nitrogen and oxygen atoms in total. The van der Waals surface area contributed by atoms with Gasteiger partial charge < -0.3 is 4.42 Å². The summed E-state index contributed by atoms with van der Waals surface area (Å²) in [4.78, 5) is 10.6. The number of fused-ring (bicyclic) bond motifs is 6. The molecule has 3 heteroatoms. The van der Waals surface area contributed by atoms with Gasteiger partial charge in [-0.2, -0.15) is 0 Å². The zero-order valence-corrected chi connectivity index (χ0v) is 30.9. The fourth-order valence-electron chi connectivity index (χ4n) is 8.29. The molecule has 11 rings (SSSR count). The van der Waals surface area contributed by atoms with Gasteiger partial charge in [0.1, 0.15) is 11.2 Å². The van der Waals surface area contributed by atoms with Crippen molar-refractivity contribution in [3.63, 3.8) is 0 Å². The summed E-state index contributed by atoms with van der Waals surface area (Å²) >= 11 is 0. The third-order valence-electron chi connectivity index (χ3n) is 11.1. The standard InChI is InChI=1S/C54H34N2O/c1-3-14-35(15-4-1)43-19-9-10-21-45(43)40-30-41(46-23-13-24-48-47-22-11-12-25-52(47)57-53(46)48)32-42(31-40)51-34-50(55-54(56-51)38-17-5-2-6-18-38)39-29-28-37-27-26-36-16-7-8-20-44(36)49(37)33-39/h1-34H. The van der Waals surface area contributed by atoms with Crippen molar-refractivity contribution in [1.82, 2.24) is 9.97 Å². The first kappa shape index (κ1) is 32.8. The number of para-hydroxylation sites is 2. The average Bonchev–Trinajstić information content (AvgIpc) is 3.68. The molecule has 266 valence electrons. The number of benzene rings is 9. The fraction of sp³-hybridized carbons (Fsp3) is 0. The maximum atomic E-state index is 6.62. The van der Waals surface area contributed by atoms with Crippen LogP contribution in [0.3, 0.4) is 0 Å². The van der Waals surface area contributed by atoms with E-state index in [2.05, 4.69) is 176 Å². The predicted octanol–water partition coefficient (Wildman–Crippen LogP) is 14.7. The van der Waals surface area contributed by atoms with E-state index in [1.54, 1.807) is 0 Å². The van der Waals surface area contributed by atoms with Crippen LogP contribution in [0.2, 0.25) is 0 Å². The highest BCUT2D eigenvalue weighted by molar-refractivity contribution is 6.10. The zero-order valence-electron chi connectivity index (χ0n) is 30.9. The fourth-order valence-corrected chi connectivity index (χ4v) is 8.29. The monoisotopic (exact) mass is 726 g/mol. The van der Waals surface area contributed by atoms with Crippen molar-refractivity contribution in [2.45, 2.75) is 0 Å². The maximum Gasteiger partial charge on any atom is 0.160 e. The quantitative estimate of drug-likeness (QED) is 0.160. The van der Waals surface area contributed by atoms with Crippen molar-refractivity contribution >= 4 is 43.5 Å². The number of furan rings is 1. The minimum absolute atomic E-state index is 0.678. The molecule has 0 unspecified atom stereocenters. The van der Waals surface area contributed by atoms with Crippen LogP contribution in [-0.4, -0.2) is 9.97 Å². The number of hydrogen-bond donors (Lipinski definition) is 0. The van der Waals surface area contributed by atoms with E-state index in [-0.39, 0.29) is 0 Å². The lowest BCUT2D eigenvalue weighted by Crippen LogP contribution is -1.97. The van der Waals surface area contributed by atoms with E-state index in [1.165, 1.54) is 32.7 Å². The van der Waals surface area contributed by atoms with E-state index in [9.17, 15) is 0 Å². The lowest BCUT2D eigenvalue weighted by Gasteiger charge is -2.15. The molecule has 2 heterocycles. The smallest absolute Gasteiger partial charge is 0.160 e. The molecule has 0 aliphatic heterocycles. The summed E-state index contributed by atoms with van der Waals surface area (Å²) in [6.07, 6.45) is 0. The lowest BCUT2D eigenvalue weighted by molar-refractivity contribution is 0.670. The summed E-state index contributed by atoms with van der Waals surface area (Å²) in [5, 5.41) is 7.05. The second-order valence-corrected chi connectivity index (χ2v) is 14.5. The molecule has 0 aliphatic carbocycles. The Bertz CT molecular complexity index is 3290. The highest BCUT2D eigenvalue weighted by atomic mass is 16.3. The molecule has 0 bridgehead atoms. The Kier molecular flexibility index (Phi) is 7.82. The van der Waals surface area contributed by atoms with E-state index < -0.39 is 0 Å². The molecular weight excluding hydrogens is 693 g/mol. The van der Waals surface area contributed by atoms with Crippen LogP contribution in [0.5, 0.6) is 0 Å². The van der Waals surface area contributed by atoms with Gasteiger partial charge in [0, 0.05) is 33.0 Å². The normalized spacial score (nSPS) is 11.5. The first-order chi connectivity index (χ1) is 28.2. The number of hydrogen-bond acceptors (Lipinski definition) is 3. The summed E-state index contributed by atoms with van der Waals surface area (Å²) in [6, 6.07) is 72.8. The summed E-state index contributed by atoms with van der Waals surface area (Å²) in [5.41, 5.74) is 13.1. The molecule has 9 aromatic carbocycles. The summed E-state index contributed by atoms with van der Waals surface area (Å²) < 4.78 is 6.62. The highest BCUT2D eigenvalue weighted by Gasteiger charge is 2.18. The van der Waals surface area contributed by atoms with Gasteiger partial charge in [-0.15, -0.1) is 0 Å². The Hall–Kier alpha value is -7.62. The van der Waals surface area contributed by atoms with E-state index >= 15 is 0 Å². The van der Waals surface area contributed by atoms with Gasteiger partial charge in [0.25, 0.3) is 0 Å². The molecule has 0 aliphatic rings. The van der Waals surface area contributed by atoms with Crippen molar-refractivity contribution in [3.05, 3.63) is 206 Å². The van der Waals surface area contributed by atoms with Crippen LogP contribution in [-0.2, 0) is 0 Å². The zero-order chi connectivity index (χ0) is 37.7. The predicted molar refractivity (Wildman–Crippen MR) is 237 cm³/mol. The van der Waals surface area contributed by atoms with Gasteiger partial charge in [0.2, 0.25) is 0 Å². The lowest BCUT2D eigenvalue weighted by atomic mass is 9.90. The van der Waals surface area contributed by atoms with Gasteiger partial charge in [-0.05, 0) is 85.8 Å². The molecule has 0 N–H and O–H groups in total. The molecule has 0 saturated heterocycles. The van der Waals surface area contributed by atoms with Crippen LogP contribution in [0.25, 0.3) is 111 Å². The largest absolute Gasteiger partial charge is 0.455 e. The van der Waals surface area contributed by atoms with Crippen molar-refractivity contribution < 1.29 is 4.42 Å². The third kappa shape index (κ3) is 5.85. The molecular formula is C54H34N2O. The molecule has 57 heavy (non-hydrogen) atoms. The van der Waals surface area contributed by atoms with Gasteiger partial charge in [0.15, 0.2) is 5.82 Å².